The summed E-state index contributed by atoms with van der Waals surface area (Å²) in [5, 5.41) is 1.12. The molecule has 0 radical (unpaired) electrons. The van der Waals surface area contributed by atoms with E-state index in [0.29, 0.717) is 18.7 Å². The molecule has 96 valence electrons. The number of hydrogen-bond acceptors (Lipinski definition) is 2. The largest absolute Gasteiger partial charge is 0.390 e. The molecule has 0 saturated carbocycles. The summed E-state index contributed by atoms with van der Waals surface area (Å²) in [5.41, 5.74) is 0.441. The lowest BCUT2D eigenvalue weighted by Gasteiger charge is -2.29. The molecule has 0 unspecified atom stereocenters. The number of benzene rings is 1. The average molecular weight is 273 g/mol. The van der Waals surface area contributed by atoms with E-state index in [2.05, 4.69) is 26.0 Å². The maximum Gasteiger partial charge on any atom is 0.387 e. The highest BCUT2D eigenvalue weighted by Gasteiger charge is 2.39. The molecular weight excluding hydrogens is 252 g/mol. The van der Waals surface area contributed by atoms with Crippen LogP contribution in [0.25, 0.3) is 0 Å². The molecule has 2 nitrogen and oxygen atoms in total. The third-order valence-electron chi connectivity index (χ3n) is 2.47. The first-order chi connectivity index (χ1) is 8.29. The summed E-state index contributed by atoms with van der Waals surface area (Å²) in [4.78, 5) is 0. The minimum atomic E-state index is -2.42. The van der Waals surface area contributed by atoms with Gasteiger partial charge in [-0.3, -0.25) is 0 Å². The lowest BCUT2D eigenvalue weighted by molar-refractivity contribution is 0.184. The lowest BCUT2D eigenvalue weighted by Crippen LogP contribution is -2.56. The third-order valence-corrected chi connectivity index (χ3v) is 6.43. The minimum absolute atomic E-state index is 0.441. The van der Waals surface area contributed by atoms with Crippen molar-refractivity contribution in [3.05, 3.63) is 30.3 Å². The van der Waals surface area contributed by atoms with Gasteiger partial charge in [0.05, 0.1) is 5.50 Å². The molecule has 0 N–H and O–H groups in total. The summed E-state index contributed by atoms with van der Waals surface area (Å²) < 4.78 is 12.0. The zero-order valence-corrected chi connectivity index (χ0v) is 12.4. The van der Waals surface area contributed by atoms with Crippen molar-refractivity contribution < 1.29 is 8.85 Å². The molecule has 0 amide bonds. The van der Waals surface area contributed by atoms with Crippen LogP contribution >= 0.6 is 11.6 Å². The predicted octanol–water partition coefficient (Wildman–Crippen LogP) is 2.97. The highest BCUT2D eigenvalue weighted by atomic mass is 35.5. The second-order valence-electron chi connectivity index (χ2n) is 3.95. The van der Waals surface area contributed by atoms with Crippen molar-refractivity contribution in [3.8, 4) is 0 Å². The van der Waals surface area contributed by atoms with E-state index in [9.17, 15) is 0 Å². The first-order valence-corrected chi connectivity index (χ1v) is 8.74. The fraction of sp³-hybridized carbons (Fsp3) is 0.538. The first-order valence-electron chi connectivity index (χ1n) is 6.18. The Balaban J connectivity index is 2.89. The Hall–Kier alpha value is -0.353. The monoisotopic (exact) mass is 272 g/mol. The van der Waals surface area contributed by atoms with Crippen LogP contribution in [0.1, 0.15) is 26.7 Å². The summed E-state index contributed by atoms with van der Waals surface area (Å²) >= 11 is 6.14. The predicted molar refractivity (Wildman–Crippen MR) is 75.0 cm³/mol. The fourth-order valence-corrected chi connectivity index (χ4v) is 5.01. The number of alkyl halides is 1. The maximum atomic E-state index is 6.14. The van der Waals surface area contributed by atoms with E-state index < -0.39 is 8.56 Å². The van der Waals surface area contributed by atoms with Crippen LogP contribution in [-0.4, -0.2) is 27.3 Å². The molecule has 0 aromatic heterocycles. The molecule has 1 aromatic rings. The van der Waals surface area contributed by atoms with Gasteiger partial charge in [0.2, 0.25) is 0 Å². The molecular formula is C13H21ClO2Si. The molecule has 0 saturated heterocycles. The van der Waals surface area contributed by atoms with Gasteiger partial charge in [0, 0.05) is 13.2 Å². The van der Waals surface area contributed by atoms with Crippen molar-refractivity contribution >= 4 is 25.3 Å². The van der Waals surface area contributed by atoms with Crippen molar-refractivity contribution in [2.24, 2.45) is 0 Å². The van der Waals surface area contributed by atoms with E-state index in [1.807, 2.05) is 18.2 Å². The van der Waals surface area contributed by atoms with Gasteiger partial charge in [0.1, 0.15) is 0 Å². The number of hydrogen-bond donors (Lipinski definition) is 0. The quantitative estimate of drug-likeness (QED) is 0.535. The van der Waals surface area contributed by atoms with Crippen LogP contribution in [0.4, 0.5) is 0 Å². The third kappa shape index (κ3) is 4.10. The Morgan fingerprint density at radius 1 is 1.00 bits per heavy atom. The van der Waals surface area contributed by atoms with Crippen molar-refractivity contribution in [1.29, 1.82) is 0 Å². The highest BCUT2D eigenvalue weighted by molar-refractivity contribution is 6.86. The van der Waals surface area contributed by atoms with E-state index in [-0.39, 0.29) is 0 Å². The molecule has 0 atom stereocenters. The zero-order valence-electron chi connectivity index (χ0n) is 10.6. The second kappa shape index (κ2) is 7.87. The van der Waals surface area contributed by atoms with E-state index >= 15 is 0 Å². The van der Waals surface area contributed by atoms with Crippen LogP contribution in [0.3, 0.4) is 0 Å². The SMILES string of the molecule is CCCO[Si](CCl)(OCCC)c1ccccc1. The molecule has 0 aliphatic rings. The van der Waals surface area contributed by atoms with E-state index in [0.717, 1.165) is 18.0 Å². The van der Waals surface area contributed by atoms with Gasteiger partial charge >= 0.3 is 8.56 Å². The van der Waals surface area contributed by atoms with Gasteiger partial charge < -0.3 is 8.85 Å². The summed E-state index contributed by atoms with van der Waals surface area (Å²) in [7, 11) is -2.42. The number of halogens is 1. The second-order valence-corrected chi connectivity index (χ2v) is 7.68. The first kappa shape index (κ1) is 14.7. The van der Waals surface area contributed by atoms with Gasteiger partial charge in [-0.2, -0.15) is 0 Å². The van der Waals surface area contributed by atoms with Gasteiger partial charge in [-0.1, -0.05) is 44.2 Å². The van der Waals surface area contributed by atoms with Gasteiger partial charge in [-0.05, 0) is 18.0 Å². The fourth-order valence-electron chi connectivity index (χ4n) is 1.59. The van der Waals surface area contributed by atoms with Crippen LogP contribution in [0.15, 0.2) is 30.3 Å². The van der Waals surface area contributed by atoms with Crippen LogP contribution in [-0.2, 0) is 8.85 Å². The normalized spacial score (nSPS) is 11.7. The Morgan fingerprint density at radius 2 is 1.53 bits per heavy atom. The molecule has 0 bridgehead atoms. The molecule has 1 rings (SSSR count). The molecule has 4 heteroatoms. The highest BCUT2D eigenvalue weighted by Crippen LogP contribution is 2.12. The summed E-state index contributed by atoms with van der Waals surface area (Å²) in [6, 6.07) is 10.1. The van der Waals surface area contributed by atoms with E-state index in [4.69, 9.17) is 20.5 Å². The summed E-state index contributed by atoms with van der Waals surface area (Å²) in [6.45, 7) is 5.60. The smallest absolute Gasteiger partial charge is 0.387 e. The Kier molecular flexibility index (Phi) is 6.81. The van der Waals surface area contributed by atoms with Gasteiger partial charge in [0.15, 0.2) is 0 Å². The molecule has 0 heterocycles. The van der Waals surface area contributed by atoms with Crippen molar-refractivity contribution in [2.45, 2.75) is 26.7 Å². The minimum Gasteiger partial charge on any atom is -0.390 e. The molecule has 0 spiro atoms. The van der Waals surface area contributed by atoms with Crippen LogP contribution in [0, 0.1) is 0 Å². The Morgan fingerprint density at radius 3 is 1.94 bits per heavy atom. The van der Waals surface area contributed by atoms with Crippen LogP contribution in [0.2, 0.25) is 0 Å². The summed E-state index contributed by atoms with van der Waals surface area (Å²) in [5.74, 6) is 0. The van der Waals surface area contributed by atoms with Crippen LogP contribution < -0.4 is 5.19 Å². The molecule has 0 fully saturated rings. The average Bonchev–Trinajstić information content (AvgIpc) is 2.41. The van der Waals surface area contributed by atoms with Crippen molar-refractivity contribution in [2.75, 3.05) is 18.7 Å². The van der Waals surface area contributed by atoms with E-state index in [1.54, 1.807) is 0 Å². The van der Waals surface area contributed by atoms with Crippen LogP contribution in [0.5, 0.6) is 0 Å². The maximum absolute atomic E-state index is 6.14. The van der Waals surface area contributed by atoms with Gasteiger partial charge in [-0.15, -0.1) is 11.6 Å². The Labute approximate surface area is 110 Å². The number of rotatable bonds is 8. The lowest BCUT2D eigenvalue weighted by atomic mass is 10.4. The van der Waals surface area contributed by atoms with Gasteiger partial charge in [-0.25, -0.2) is 0 Å². The zero-order chi connectivity index (χ0) is 12.6. The molecule has 17 heavy (non-hydrogen) atoms. The van der Waals surface area contributed by atoms with Crippen molar-refractivity contribution in [1.82, 2.24) is 0 Å². The standard InChI is InChI=1S/C13H21ClO2Si/c1-3-10-15-17(12-14,16-11-4-2)13-8-6-5-7-9-13/h5-9H,3-4,10-12H2,1-2H3. The van der Waals surface area contributed by atoms with Gasteiger partial charge in [0.25, 0.3) is 0 Å². The topological polar surface area (TPSA) is 18.5 Å². The Bertz CT molecular complexity index is 298. The molecule has 1 aromatic carbocycles. The molecule has 0 aliphatic heterocycles. The summed E-state index contributed by atoms with van der Waals surface area (Å²) in [6.07, 6.45) is 1.96. The van der Waals surface area contributed by atoms with E-state index in [1.165, 1.54) is 0 Å². The molecule has 0 aliphatic carbocycles. The van der Waals surface area contributed by atoms with Crippen molar-refractivity contribution in [3.63, 3.8) is 0 Å².